The molecule has 1 aliphatic heterocycles. The maximum Gasteiger partial charge on any atom is 0.237 e. The number of hydrogen-bond acceptors (Lipinski definition) is 3. The Labute approximate surface area is 143 Å². The number of anilines is 1. The minimum atomic E-state index is -1.04. The third-order valence-electron chi connectivity index (χ3n) is 3.86. The lowest BCUT2D eigenvalue weighted by molar-refractivity contribution is -0.116. The number of aryl methyl sites for hydroxylation is 1. The molecular formula is C18H19NO2S2. The van der Waals surface area contributed by atoms with E-state index in [4.69, 9.17) is 0 Å². The van der Waals surface area contributed by atoms with Crippen LogP contribution in [-0.4, -0.2) is 27.7 Å². The first kappa shape index (κ1) is 16.3. The molecule has 2 aromatic carbocycles. The number of rotatable bonds is 3. The van der Waals surface area contributed by atoms with Gasteiger partial charge in [-0.25, -0.2) is 0 Å². The molecule has 3 nitrogen and oxygen atoms in total. The maximum atomic E-state index is 12.7. The van der Waals surface area contributed by atoms with Gasteiger partial charge in [-0.1, -0.05) is 29.8 Å². The monoisotopic (exact) mass is 345 g/mol. The molecule has 0 aliphatic carbocycles. The van der Waals surface area contributed by atoms with Crippen LogP contribution in [0.3, 0.4) is 0 Å². The van der Waals surface area contributed by atoms with E-state index >= 15 is 0 Å². The second-order valence-corrected chi connectivity index (χ2v) is 8.57. The van der Waals surface area contributed by atoms with E-state index in [9.17, 15) is 9.00 Å². The lowest BCUT2D eigenvalue weighted by Gasteiger charge is -2.32. The number of carbonyl (C=O) groups excluding carboxylic acids is 1. The molecule has 120 valence electrons. The molecule has 2 aromatic rings. The van der Waals surface area contributed by atoms with Gasteiger partial charge in [-0.3, -0.25) is 9.00 Å². The van der Waals surface area contributed by atoms with Gasteiger partial charge in [0, 0.05) is 11.4 Å². The van der Waals surface area contributed by atoms with E-state index in [0.717, 1.165) is 15.5 Å². The zero-order valence-electron chi connectivity index (χ0n) is 13.2. The standard InChI is InChI=1S/C18H19NO2S2/c1-13-7-9-15(10-8-13)22-12-18(20)19-11-14(2)23(21)17-6-4-3-5-16(17)19/h3-10,14H,11-12H2,1-2H3/t14-,23-/m0/s1. The lowest BCUT2D eigenvalue weighted by atomic mass is 10.2. The number of benzene rings is 2. The average Bonchev–Trinajstić information content (AvgIpc) is 2.57. The van der Waals surface area contributed by atoms with Gasteiger partial charge in [0.2, 0.25) is 5.91 Å². The first-order valence-corrected chi connectivity index (χ1v) is 9.75. The lowest BCUT2D eigenvalue weighted by Crippen LogP contribution is -2.43. The van der Waals surface area contributed by atoms with Crippen molar-refractivity contribution in [1.29, 1.82) is 0 Å². The summed E-state index contributed by atoms with van der Waals surface area (Å²) in [5.74, 6) is 0.447. The van der Waals surface area contributed by atoms with Gasteiger partial charge in [-0.15, -0.1) is 11.8 Å². The van der Waals surface area contributed by atoms with Crippen LogP contribution in [-0.2, 0) is 15.6 Å². The summed E-state index contributed by atoms with van der Waals surface area (Å²) in [5, 5.41) is -0.0433. The van der Waals surface area contributed by atoms with Crippen molar-refractivity contribution in [3.63, 3.8) is 0 Å². The van der Waals surface area contributed by atoms with Crippen LogP contribution >= 0.6 is 11.8 Å². The summed E-state index contributed by atoms with van der Waals surface area (Å²) in [4.78, 5) is 16.3. The summed E-state index contributed by atoms with van der Waals surface area (Å²) >= 11 is 1.54. The summed E-state index contributed by atoms with van der Waals surface area (Å²) < 4.78 is 12.4. The van der Waals surface area contributed by atoms with Gasteiger partial charge in [0.25, 0.3) is 0 Å². The van der Waals surface area contributed by atoms with Crippen molar-refractivity contribution in [2.45, 2.75) is 28.9 Å². The van der Waals surface area contributed by atoms with Crippen molar-refractivity contribution in [3.05, 3.63) is 54.1 Å². The van der Waals surface area contributed by atoms with Crippen LogP contribution in [0.5, 0.6) is 0 Å². The molecule has 3 rings (SSSR count). The summed E-state index contributed by atoms with van der Waals surface area (Å²) in [5.41, 5.74) is 2.00. The average molecular weight is 345 g/mol. The van der Waals surface area contributed by atoms with Gasteiger partial charge in [0.15, 0.2) is 0 Å². The van der Waals surface area contributed by atoms with E-state index in [1.807, 2.05) is 62.4 Å². The summed E-state index contributed by atoms with van der Waals surface area (Å²) in [6.07, 6.45) is 0. The SMILES string of the molecule is Cc1ccc(SCC(=O)N2C[C@H](C)[S@](=O)c3ccccc32)cc1. The van der Waals surface area contributed by atoms with E-state index in [0.29, 0.717) is 12.3 Å². The molecule has 1 heterocycles. The topological polar surface area (TPSA) is 37.4 Å². The third kappa shape index (κ3) is 3.51. The van der Waals surface area contributed by atoms with Crippen molar-refractivity contribution in [2.75, 3.05) is 17.2 Å². The molecule has 5 heteroatoms. The molecule has 0 radical (unpaired) electrons. The summed E-state index contributed by atoms with van der Waals surface area (Å²) in [6, 6.07) is 15.7. The van der Waals surface area contributed by atoms with E-state index in [1.165, 1.54) is 5.56 Å². The van der Waals surface area contributed by atoms with Crippen molar-refractivity contribution < 1.29 is 9.00 Å². The van der Waals surface area contributed by atoms with Crippen LogP contribution in [0.2, 0.25) is 0 Å². The fourth-order valence-electron chi connectivity index (χ4n) is 2.58. The van der Waals surface area contributed by atoms with E-state index in [1.54, 1.807) is 16.7 Å². The van der Waals surface area contributed by atoms with E-state index in [2.05, 4.69) is 0 Å². The Hall–Kier alpha value is -1.59. The maximum absolute atomic E-state index is 12.7. The molecule has 1 amide bonds. The molecule has 0 fully saturated rings. The predicted molar refractivity (Wildman–Crippen MR) is 96.6 cm³/mol. The number of carbonyl (C=O) groups is 1. The van der Waals surface area contributed by atoms with Crippen LogP contribution in [0.25, 0.3) is 0 Å². The molecule has 1 aliphatic rings. The number of para-hydroxylation sites is 1. The Morgan fingerprint density at radius 3 is 2.65 bits per heavy atom. The van der Waals surface area contributed by atoms with Crippen LogP contribution in [0.4, 0.5) is 5.69 Å². The van der Waals surface area contributed by atoms with Gasteiger partial charge >= 0.3 is 0 Å². The molecule has 0 aromatic heterocycles. The number of thioether (sulfide) groups is 1. The Kier molecular flexibility index (Phi) is 4.87. The molecule has 2 atom stereocenters. The molecule has 0 unspecified atom stereocenters. The van der Waals surface area contributed by atoms with Gasteiger partial charge in [0.05, 0.1) is 32.4 Å². The highest BCUT2D eigenvalue weighted by molar-refractivity contribution is 8.00. The van der Waals surface area contributed by atoms with Gasteiger partial charge in [0.1, 0.15) is 0 Å². The van der Waals surface area contributed by atoms with Crippen molar-refractivity contribution in [2.24, 2.45) is 0 Å². The van der Waals surface area contributed by atoms with Crippen molar-refractivity contribution in [3.8, 4) is 0 Å². The molecular weight excluding hydrogens is 326 g/mol. The Balaban J connectivity index is 1.76. The van der Waals surface area contributed by atoms with Crippen LogP contribution in [0, 0.1) is 6.92 Å². The highest BCUT2D eigenvalue weighted by Gasteiger charge is 2.30. The van der Waals surface area contributed by atoms with Gasteiger partial charge < -0.3 is 4.90 Å². The van der Waals surface area contributed by atoms with Crippen LogP contribution in [0.1, 0.15) is 12.5 Å². The Bertz CT molecular complexity index is 743. The minimum absolute atomic E-state index is 0.0433. The molecule has 23 heavy (non-hydrogen) atoms. The Morgan fingerprint density at radius 2 is 1.91 bits per heavy atom. The van der Waals surface area contributed by atoms with Crippen molar-refractivity contribution >= 4 is 34.2 Å². The predicted octanol–water partition coefficient (Wildman–Crippen LogP) is 3.63. The largest absolute Gasteiger partial charge is 0.309 e. The quantitative estimate of drug-likeness (QED) is 0.797. The van der Waals surface area contributed by atoms with E-state index in [-0.39, 0.29) is 11.2 Å². The van der Waals surface area contributed by atoms with Gasteiger partial charge in [-0.05, 0) is 38.1 Å². The van der Waals surface area contributed by atoms with Crippen LogP contribution in [0.15, 0.2) is 58.3 Å². The van der Waals surface area contributed by atoms with Crippen molar-refractivity contribution in [1.82, 2.24) is 0 Å². The fraction of sp³-hybridized carbons (Fsp3) is 0.278. The molecule has 0 N–H and O–H groups in total. The summed E-state index contributed by atoms with van der Waals surface area (Å²) in [7, 11) is -1.04. The van der Waals surface area contributed by atoms with Gasteiger partial charge in [-0.2, -0.15) is 0 Å². The zero-order valence-corrected chi connectivity index (χ0v) is 14.8. The molecule has 0 saturated carbocycles. The second-order valence-electron chi connectivity index (χ2n) is 5.68. The Morgan fingerprint density at radius 1 is 1.22 bits per heavy atom. The normalized spacial score (nSPS) is 20.2. The first-order valence-electron chi connectivity index (χ1n) is 7.55. The smallest absolute Gasteiger partial charge is 0.237 e. The second kappa shape index (κ2) is 6.89. The number of hydrogen-bond donors (Lipinski definition) is 0. The van der Waals surface area contributed by atoms with E-state index < -0.39 is 10.8 Å². The number of fused-ring (bicyclic) bond motifs is 1. The number of amides is 1. The number of nitrogens with zero attached hydrogens (tertiary/aromatic N) is 1. The fourth-order valence-corrected chi connectivity index (χ4v) is 4.67. The zero-order chi connectivity index (χ0) is 16.4. The first-order chi connectivity index (χ1) is 11.1. The molecule has 0 saturated heterocycles. The third-order valence-corrected chi connectivity index (χ3v) is 6.52. The van der Waals surface area contributed by atoms with Crippen LogP contribution < -0.4 is 4.90 Å². The molecule has 0 spiro atoms. The minimum Gasteiger partial charge on any atom is -0.309 e. The highest BCUT2D eigenvalue weighted by atomic mass is 32.2. The highest BCUT2D eigenvalue weighted by Crippen LogP contribution is 2.32. The molecule has 0 bridgehead atoms. The summed E-state index contributed by atoms with van der Waals surface area (Å²) in [6.45, 7) is 4.49.